The minimum Gasteiger partial charge on any atom is -0.320 e. The summed E-state index contributed by atoms with van der Waals surface area (Å²) in [5, 5.41) is 3.29. The Hall–Kier alpha value is -3.23. The van der Waals surface area contributed by atoms with Crippen LogP contribution < -0.4 is 9.62 Å². The Morgan fingerprint density at radius 3 is 2.58 bits per heavy atom. The standard InChI is InChI=1S/C23H19N3O3S2/c27-22(23-25-19-10-4-5-11-21(19)30-23)24-17-12-13-20-16(15-17)7-6-14-26(20)31(28,29)18-8-2-1-3-9-18/h1-5,8-13,15H,6-7,14H2,(H,24,27). The Bertz CT molecular complexity index is 1350. The van der Waals surface area contributed by atoms with Crippen LogP contribution in [-0.2, 0) is 16.4 Å². The molecule has 1 amide bonds. The van der Waals surface area contributed by atoms with Crippen LogP contribution in [0.15, 0.2) is 77.7 Å². The van der Waals surface area contributed by atoms with E-state index < -0.39 is 10.0 Å². The van der Waals surface area contributed by atoms with Gasteiger partial charge < -0.3 is 5.32 Å². The third-order valence-corrected chi connectivity index (χ3v) is 8.10. The van der Waals surface area contributed by atoms with E-state index in [0.717, 1.165) is 22.2 Å². The van der Waals surface area contributed by atoms with Crippen molar-refractivity contribution in [3.63, 3.8) is 0 Å². The van der Waals surface area contributed by atoms with Crippen molar-refractivity contribution in [1.82, 2.24) is 4.98 Å². The number of thiazole rings is 1. The molecule has 0 unspecified atom stereocenters. The van der Waals surface area contributed by atoms with Crippen molar-refractivity contribution in [1.29, 1.82) is 0 Å². The van der Waals surface area contributed by atoms with Gasteiger partial charge in [0.25, 0.3) is 15.9 Å². The van der Waals surface area contributed by atoms with Crippen LogP contribution in [-0.4, -0.2) is 25.9 Å². The lowest BCUT2D eigenvalue weighted by Crippen LogP contribution is -2.35. The first-order valence-corrected chi connectivity index (χ1v) is 12.2. The minimum atomic E-state index is -3.63. The predicted molar refractivity (Wildman–Crippen MR) is 123 cm³/mol. The van der Waals surface area contributed by atoms with E-state index in [1.807, 2.05) is 30.3 Å². The van der Waals surface area contributed by atoms with Gasteiger partial charge >= 0.3 is 0 Å². The number of amides is 1. The van der Waals surface area contributed by atoms with E-state index in [-0.39, 0.29) is 10.8 Å². The van der Waals surface area contributed by atoms with Crippen LogP contribution in [0, 0.1) is 0 Å². The fraction of sp³-hybridized carbons (Fsp3) is 0.130. The molecule has 0 bridgehead atoms. The van der Waals surface area contributed by atoms with Gasteiger partial charge in [-0.25, -0.2) is 13.4 Å². The molecule has 156 valence electrons. The second-order valence-electron chi connectivity index (χ2n) is 7.28. The zero-order valence-corrected chi connectivity index (χ0v) is 18.1. The highest BCUT2D eigenvalue weighted by molar-refractivity contribution is 7.92. The van der Waals surface area contributed by atoms with Gasteiger partial charge in [0, 0.05) is 12.2 Å². The van der Waals surface area contributed by atoms with Crippen LogP contribution in [0.4, 0.5) is 11.4 Å². The summed E-state index contributed by atoms with van der Waals surface area (Å²) in [5.74, 6) is -0.272. The van der Waals surface area contributed by atoms with Gasteiger partial charge in [-0.05, 0) is 60.9 Å². The second kappa shape index (κ2) is 7.79. The zero-order chi connectivity index (χ0) is 21.4. The first kappa shape index (κ1) is 19.7. The highest BCUT2D eigenvalue weighted by atomic mass is 32.2. The summed E-state index contributed by atoms with van der Waals surface area (Å²) in [7, 11) is -3.63. The van der Waals surface area contributed by atoms with Crippen molar-refractivity contribution in [2.75, 3.05) is 16.2 Å². The van der Waals surface area contributed by atoms with Crippen LogP contribution in [0.25, 0.3) is 10.2 Å². The molecule has 1 aromatic heterocycles. The SMILES string of the molecule is O=C(Nc1ccc2c(c1)CCCN2S(=O)(=O)c1ccccc1)c1nc2ccccc2s1. The number of sulfonamides is 1. The van der Waals surface area contributed by atoms with Gasteiger partial charge in [0.1, 0.15) is 0 Å². The van der Waals surface area contributed by atoms with E-state index in [1.54, 1.807) is 42.5 Å². The average Bonchev–Trinajstić information content (AvgIpc) is 3.24. The molecule has 31 heavy (non-hydrogen) atoms. The van der Waals surface area contributed by atoms with E-state index in [9.17, 15) is 13.2 Å². The van der Waals surface area contributed by atoms with Gasteiger partial charge in [0.05, 0.1) is 20.8 Å². The number of hydrogen-bond donors (Lipinski definition) is 1. The molecule has 0 saturated carbocycles. The van der Waals surface area contributed by atoms with E-state index in [4.69, 9.17) is 0 Å². The summed E-state index contributed by atoms with van der Waals surface area (Å²) in [6, 6.07) is 21.4. The molecule has 1 N–H and O–H groups in total. The number of fused-ring (bicyclic) bond motifs is 2. The zero-order valence-electron chi connectivity index (χ0n) is 16.5. The molecule has 0 radical (unpaired) electrons. The first-order valence-electron chi connectivity index (χ1n) is 9.90. The van der Waals surface area contributed by atoms with Crippen LogP contribution in [0.2, 0.25) is 0 Å². The highest BCUT2D eigenvalue weighted by Crippen LogP contribution is 2.34. The summed E-state index contributed by atoms with van der Waals surface area (Å²) in [6.45, 7) is 0.432. The summed E-state index contributed by atoms with van der Waals surface area (Å²) in [6.07, 6.45) is 1.47. The lowest BCUT2D eigenvalue weighted by molar-refractivity contribution is 0.102. The first-order chi connectivity index (χ1) is 15.0. The molecule has 3 aromatic carbocycles. The lowest BCUT2D eigenvalue weighted by Gasteiger charge is -2.30. The number of nitrogens with zero attached hydrogens (tertiary/aromatic N) is 2. The summed E-state index contributed by atoms with van der Waals surface area (Å²) >= 11 is 1.34. The Kier molecular flexibility index (Phi) is 4.95. The summed E-state index contributed by atoms with van der Waals surface area (Å²) in [4.78, 5) is 17.4. The number of benzene rings is 3. The molecule has 8 heteroatoms. The molecule has 0 atom stereocenters. The van der Waals surface area contributed by atoms with Crippen molar-refractivity contribution in [2.24, 2.45) is 0 Å². The number of aryl methyl sites for hydroxylation is 1. The fourth-order valence-corrected chi connectivity index (χ4v) is 6.19. The van der Waals surface area contributed by atoms with Crippen LogP contribution in [0.5, 0.6) is 0 Å². The topological polar surface area (TPSA) is 79.4 Å². The Morgan fingerprint density at radius 1 is 1.00 bits per heavy atom. The molecule has 6 nitrogen and oxygen atoms in total. The van der Waals surface area contributed by atoms with Crippen molar-refractivity contribution >= 4 is 48.9 Å². The molecular formula is C23H19N3O3S2. The summed E-state index contributed by atoms with van der Waals surface area (Å²) in [5.41, 5.74) is 2.98. The number of para-hydroxylation sites is 1. The Morgan fingerprint density at radius 2 is 1.77 bits per heavy atom. The van der Waals surface area contributed by atoms with Gasteiger partial charge in [-0.2, -0.15) is 0 Å². The van der Waals surface area contributed by atoms with Crippen LogP contribution >= 0.6 is 11.3 Å². The van der Waals surface area contributed by atoms with Gasteiger partial charge in [0.15, 0.2) is 5.01 Å². The maximum Gasteiger partial charge on any atom is 0.284 e. The molecule has 0 saturated heterocycles. The second-order valence-corrected chi connectivity index (χ2v) is 10.2. The minimum absolute atomic E-state index is 0.272. The van der Waals surface area contributed by atoms with E-state index in [0.29, 0.717) is 29.3 Å². The molecule has 5 rings (SSSR count). The third kappa shape index (κ3) is 3.68. The number of carbonyl (C=O) groups is 1. The number of carbonyl (C=O) groups excluding carboxylic acids is 1. The molecule has 0 spiro atoms. The number of hydrogen-bond acceptors (Lipinski definition) is 5. The van der Waals surface area contributed by atoms with Gasteiger partial charge in [-0.15, -0.1) is 11.3 Å². The number of nitrogens with one attached hydrogen (secondary N) is 1. The molecular weight excluding hydrogens is 430 g/mol. The fourth-order valence-electron chi connectivity index (χ4n) is 3.76. The van der Waals surface area contributed by atoms with Gasteiger partial charge in [-0.3, -0.25) is 9.10 Å². The average molecular weight is 450 g/mol. The summed E-state index contributed by atoms with van der Waals surface area (Å²) < 4.78 is 28.7. The van der Waals surface area contributed by atoms with Crippen molar-refractivity contribution in [2.45, 2.75) is 17.7 Å². The largest absolute Gasteiger partial charge is 0.320 e. The lowest BCUT2D eigenvalue weighted by atomic mass is 10.0. The Balaban J connectivity index is 1.42. The number of rotatable bonds is 4. The monoisotopic (exact) mass is 449 g/mol. The molecule has 4 aromatic rings. The normalized spacial score (nSPS) is 13.7. The van der Waals surface area contributed by atoms with Crippen LogP contribution in [0.1, 0.15) is 21.8 Å². The van der Waals surface area contributed by atoms with E-state index >= 15 is 0 Å². The molecule has 0 aliphatic carbocycles. The highest BCUT2D eigenvalue weighted by Gasteiger charge is 2.29. The molecule has 1 aliphatic rings. The van der Waals surface area contributed by atoms with Crippen molar-refractivity contribution in [3.8, 4) is 0 Å². The van der Waals surface area contributed by atoms with Crippen molar-refractivity contribution in [3.05, 3.63) is 83.4 Å². The third-order valence-electron chi connectivity index (χ3n) is 5.23. The number of anilines is 2. The maximum atomic E-state index is 13.1. The maximum absolute atomic E-state index is 13.1. The van der Waals surface area contributed by atoms with Crippen molar-refractivity contribution < 1.29 is 13.2 Å². The van der Waals surface area contributed by atoms with Gasteiger partial charge in [-0.1, -0.05) is 30.3 Å². The molecule has 1 aliphatic heterocycles. The molecule has 0 fully saturated rings. The predicted octanol–water partition coefficient (Wildman–Crippen LogP) is 4.69. The van der Waals surface area contributed by atoms with Crippen LogP contribution in [0.3, 0.4) is 0 Å². The van der Waals surface area contributed by atoms with Gasteiger partial charge in [0.2, 0.25) is 0 Å². The molecule has 2 heterocycles. The Labute approximate surface area is 184 Å². The quantitative estimate of drug-likeness (QED) is 0.490. The number of aromatic nitrogens is 1. The smallest absolute Gasteiger partial charge is 0.284 e. The van der Waals surface area contributed by atoms with E-state index in [2.05, 4.69) is 10.3 Å². The van der Waals surface area contributed by atoms with E-state index in [1.165, 1.54) is 15.6 Å².